The molecule has 0 radical (unpaired) electrons. The van der Waals surface area contributed by atoms with Gasteiger partial charge in [-0.05, 0) is 58.9 Å². The van der Waals surface area contributed by atoms with Gasteiger partial charge in [0, 0.05) is 13.1 Å². The van der Waals surface area contributed by atoms with Gasteiger partial charge in [0.05, 0.1) is 0 Å². The third kappa shape index (κ3) is 9.34. The number of aromatic nitrogens is 3. The number of ether oxygens (including phenoxy) is 2. The number of unbranched alkanes of at least 4 members (excludes halogenated alkanes) is 2. The molecule has 262 valence electrons. The van der Waals surface area contributed by atoms with Gasteiger partial charge >= 0.3 is 185 Å². The van der Waals surface area contributed by atoms with Crippen molar-refractivity contribution >= 4 is 59.4 Å². The third-order valence-electron chi connectivity index (χ3n) is 8.32. The zero-order valence-corrected chi connectivity index (χ0v) is 33.4. The molecule has 4 aromatic rings. The van der Waals surface area contributed by atoms with E-state index in [9.17, 15) is 9.18 Å². The Morgan fingerprint density at radius 2 is 2.00 bits per heavy atom. The predicted octanol–water partition coefficient (Wildman–Crippen LogP) is 7.46. The van der Waals surface area contributed by atoms with Crippen LogP contribution in [0.25, 0.3) is 32.9 Å². The fraction of sp³-hybridized carbons (Fsp3) is 0.459. The number of amides is 1. The molecule has 13 heteroatoms. The molecule has 9 nitrogen and oxygen atoms in total. The first kappa shape index (κ1) is 37.5. The smallest absolute Gasteiger partial charge is 0.429 e. The molecule has 50 heavy (non-hydrogen) atoms. The van der Waals surface area contributed by atoms with E-state index in [1.54, 1.807) is 39.0 Å². The second-order valence-electron chi connectivity index (χ2n) is 13.4. The monoisotopic (exact) mass is 880 g/mol. The van der Waals surface area contributed by atoms with Crippen LogP contribution in [0.15, 0.2) is 36.5 Å². The van der Waals surface area contributed by atoms with Gasteiger partial charge in [0.2, 0.25) is 0 Å². The van der Waals surface area contributed by atoms with Crippen molar-refractivity contribution in [2.75, 3.05) is 31.7 Å². The van der Waals surface area contributed by atoms with Crippen molar-refractivity contribution in [1.82, 2.24) is 25.3 Å². The Bertz CT molecular complexity index is 1890. The maximum atomic E-state index is 16.9. The Hall–Kier alpha value is -3.71. The number of benzene rings is 2. The van der Waals surface area contributed by atoms with Crippen molar-refractivity contribution in [2.24, 2.45) is 5.92 Å². The molecule has 1 saturated heterocycles. The average molecular weight is 880 g/mol. The zero-order valence-electron chi connectivity index (χ0n) is 28.9. The molecular formula is C37H42F3N6O3Tl. The summed E-state index contributed by atoms with van der Waals surface area (Å²) >= 11 is 0.315. The Morgan fingerprint density at radius 1 is 1.18 bits per heavy atom. The molecule has 0 spiro atoms. The van der Waals surface area contributed by atoms with Gasteiger partial charge in [-0.15, -0.1) is 0 Å². The maximum absolute atomic E-state index is 16.9. The minimum absolute atomic E-state index is 0.0529. The van der Waals surface area contributed by atoms with Gasteiger partial charge < -0.3 is 10.1 Å². The number of alkyl halides is 1. The normalized spacial score (nSPS) is 16.6. The summed E-state index contributed by atoms with van der Waals surface area (Å²) in [6, 6.07) is 8.07. The van der Waals surface area contributed by atoms with Crippen LogP contribution in [0.4, 0.5) is 23.8 Å². The van der Waals surface area contributed by atoms with Crippen LogP contribution in [0.5, 0.6) is 6.01 Å². The molecule has 1 aliphatic rings. The van der Waals surface area contributed by atoms with Crippen LogP contribution in [0.3, 0.4) is 0 Å². The van der Waals surface area contributed by atoms with Crippen molar-refractivity contribution in [3.8, 4) is 26.7 Å². The Kier molecular flexibility index (Phi) is 12.8. The molecule has 1 fully saturated rings. The summed E-state index contributed by atoms with van der Waals surface area (Å²) < 4.78 is 61.1. The molecule has 0 bridgehead atoms. The van der Waals surface area contributed by atoms with Crippen LogP contribution in [-0.2, 0) is 4.74 Å². The van der Waals surface area contributed by atoms with E-state index in [2.05, 4.69) is 42.0 Å². The summed E-state index contributed by atoms with van der Waals surface area (Å²) in [7, 11) is 0. The van der Waals surface area contributed by atoms with E-state index in [1.807, 2.05) is 6.07 Å². The van der Waals surface area contributed by atoms with Gasteiger partial charge in [-0.2, -0.15) is 0 Å². The summed E-state index contributed by atoms with van der Waals surface area (Å²) in [4.78, 5) is 26.9. The second-order valence-corrected chi connectivity index (χ2v) is 14.6. The standard InChI is InChI=1S/C37H42F3N6O3.Tl/c1-6-8-9-18-46(36(47)49-37(3,4)5)45-34-28-21-42-32(27-14-10-13-24-15-16-29(39)26(7-2)30(24)27)31(40)33(28)43-35(44-34)48-22-23-12-11-17-41-20-25(38)19-23;/h10,13-16,21,23,25,41H,6,8-9,11-12,17-20,22H2,1,3-5H3,(H,43,44,45);/t23-,25-;/m1./s1. The Labute approximate surface area is 306 Å². The topological polar surface area (TPSA) is 102 Å². The maximum Gasteiger partial charge on any atom is 0.429 e. The van der Waals surface area contributed by atoms with Gasteiger partial charge in [-0.3, -0.25) is 0 Å². The zero-order chi connectivity index (χ0) is 35.8. The van der Waals surface area contributed by atoms with Gasteiger partial charge in [-0.1, -0.05) is 19.8 Å². The Morgan fingerprint density at radius 3 is 2.76 bits per heavy atom. The van der Waals surface area contributed by atoms with Crippen LogP contribution in [0, 0.1) is 27.0 Å². The molecule has 3 heterocycles. The molecular weight excluding hydrogens is 838 g/mol. The largest absolute Gasteiger partial charge is 0.442 e. The molecule has 5 rings (SSSR count). The van der Waals surface area contributed by atoms with Gasteiger partial charge in [0.1, 0.15) is 11.8 Å². The van der Waals surface area contributed by atoms with Crippen LogP contribution >= 0.6 is 0 Å². The average Bonchev–Trinajstić information content (AvgIpc) is 3.06. The van der Waals surface area contributed by atoms with E-state index in [0.717, 1.165) is 25.7 Å². The van der Waals surface area contributed by atoms with Crippen LogP contribution < -0.4 is 15.5 Å². The molecule has 0 unspecified atom stereocenters. The van der Waals surface area contributed by atoms with Crippen molar-refractivity contribution in [2.45, 2.75) is 78.0 Å². The number of nitrogens with one attached hydrogen (secondary N) is 2. The second kappa shape index (κ2) is 17.0. The molecule has 1 aliphatic heterocycles. The number of anilines is 1. The first-order chi connectivity index (χ1) is 24.0. The Balaban J connectivity index is 1.62. The van der Waals surface area contributed by atoms with Crippen molar-refractivity contribution in [3.63, 3.8) is 0 Å². The summed E-state index contributed by atoms with van der Waals surface area (Å²) in [5.74, 6) is 1.60. The molecule has 0 aliphatic carbocycles. The van der Waals surface area contributed by atoms with E-state index >= 15 is 8.78 Å². The van der Waals surface area contributed by atoms with Crippen molar-refractivity contribution in [3.05, 3.63) is 53.7 Å². The number of pyridine rings is 1. The number of rotatable bonds is 10. The summed E-state index contributed by atoms with van der Waals surface area (Å²) in [6.45, 7) is 8.78. The quantitative estimate of drug-likeness (QED) is 0.0734. The fourth-order valence-electron chi connectivity index (χ4n) is 5.96. The predicted molar refractivity (Wildman–Crippen MR) is 190 cm³/mol. The molecule has 2 atom stereocenters. The number of halogens is 3. The molecule has 0 saturated carbocycles. The number of hydrazine groups is 1. The summed E-state index contributed by atoms with van der Waals surface area (Å²) in [5.41, 5.74) is 2.64. The van der Waals surface area contributed by atoms with Crippen molar-refractivity contribution < 1.29 is 27.4 Å². The van der Waals surface area contributed by atoms with Gasteiger partial charge in [0.25, 0.3) is 0 Å². The van der Waals surface area contributed by atoms with Crippen LogP contribution in [-0.4, -0.2) is 89.8 Å². The van der Waals surface area contributed by atoms with E-state index in [0.29, 0.717) is 68.0 Å². The van der Waals surface area contributed by atoms with E-state index in [4.69, 9.17) is 9.47 Å². The van der Waals surface area contributed by atoms with Gasteiger partial charge in [0.15, 0.2) is 0 Å². The summed E-state index contributed by atoms with van der Waals surface area (Å²) in [5, 5.41) is 5.73. The molecule has 2 aromatic carbocycles. The molecule has 2 aromatic heterocycles. The first-order valence-electron chi connectivity index (χ1n) is 17.0. The van der Waals surface area contributed by atoms with E-state index in [1.165, 1.54) is 17.3 Å². The number of hydrogen-bond donors (Lipinski definition) is 2. The number of fused-ring (bicyclic) bond motifs is 2. The third-order valence-corrected chi connectivity index (χ3v) is 8.88. The first-order valence-corrected chi connectivity index (χ1v) is 19.3. The number of carbonyl (C=O) groups is 1. The minimum atomic E-state index is -1.02. The SMILES string of the molecule is CCCCCN(Nc1nc(OC[C@@H]2CCCNC[C@H](F)C2)nc2c(F)c(-c3cccc4ccc(F)c(C#[C][Tl])c34)ncc12)C(=O)OC(C)(C)C. The number of carbonyl (C=O) groups excluding carboxylic acids is 1. The molecule has 2 N–H and O–H groups in total. The minimum Gasteiger partial charge on any atom is -0.442 e. The van der Waals surface area contributed by atoms with Gasteiger partial charge in [-0.25, -0.2) is 9.18 Å². The van der Waals surface area contributed by atoms with Crippen LogP contribution in [0.2, 0.25) is 0 Å². The van der Waals surface area contributed by atoms with Crippen LogP contribution in [0.1, 0.15) is 71.8 Å². The fourth-order valence-corrected chi connectivity index (χ4v) is 6.52. The molecule has 1 amide bonds. The number of hydrogen-bond acceptors (Lipinski definition) is 8. The van der Waals surface area contributed by atoms with E-state index < -0.39 is 29.5 Å². The van der Waals surface area contributed by atoms with Crippen molar-refractivity contribution in [1.29, 1.82) is 0 Å². The number of nitrogens with zero attached hydrogens (tertiary/aromatic N) is 4. The summed E-state index contributed by atoms with van der Waals surface area (Å²) in [6.07, 6.45) is 4.15. The van der Waals surface area contributed by atoms with E-state index in [-0.39, 0.29) is 53.1 Å².